The number of pyridine rings is 1. The fourth-order valence-corrected chi connectivity index (χ4v) is 5.80. The summed E-state index contributed by atoms with van der Waals surface area (Å²) in [7, 11) is -6.77. The summed E-state index contributed by atoms with van der Waals surface area (Å²) in [5.74, 6) is -0.191. The second-order valence-electron chi connectivity index (χ2n) is 10.3. The first-order chi connectivity index (χ1) is 18.1. The summed E-state index contributed by atoms with van der Waals surface area (Å²) >= 11 is 0. The lowest BCUT2D eigenvalue weighted by molar-refractivity contribution is -0.117. The third-order valence-corrected chi connectivity index (χ3v) is 10.5. The zero-order valence-corrected chi connectivity index (χ0v) is 24.5. The number of sulfone groups is 2. The highest BCUT2D eigenvalue weighted by atomic mass is 32.2. The molecule has 9 heteroatoms. The van der Waals surface area contributed by atoms with Gasteiger partial charge in [-0.1, -0.05) is 24.3 Å². The van der Waals surface area contributed by atoms with Gasteiger partial charge in [0, 0.05) is 42.3 Å². The summed E-state index contributed by atoms with van der Waals surface area (Å²) in [6.45, 7) is 6.77. The van der Waals surface area contributed by atoms with E-state index in [2.05, 4.69) is 4.98 Å². The van der Waals surface area contributed by atoms with Crippen LogP contribution in [0.5, 0.6) is 0 Å². The molecular formula is C30H32N2O5S2. The van der Waals surface area contributed by atoms with Crippen LogP contribution < -0.4 is 4.90 Å². The molecule has 0 aliphatic carbocycles. The zero-order valence-electron chi connectivity index (χ0n) is 22.8. The third kappa shape index (κ3) is 5.60. The van der Waals surface area contributed by atoms with Crippen LogP contribution in [0.3, 0.4) is 0 Å². The molecule has 39 heavy (non-hydrogen) atoms. The van der Waals surface area contributed by atoms with Gasteiger partial charge in [-0.05, 0) is 86.0 Å². The van der Waals surface area contributed by atoms with Crippen LogP contribution in [0.2, 0.25) is 0 Å². The van der Waals surface area contributed by atoms with Crippen LogP contribution in [0.1, 0.15) is 44.9 Å². The Hall–Kier alpha value is -3.56. The minimum absolute atomic E-state index is 0.181. The fourth-order valence-electron chi connectivity index (χ4n) is 4.62. The van der Waals surface area contributed by atoms with Crippen LogP contribution in [0.25, 0.3) is 22.0 Å². The Morgan fingerprint density at radius 1 is 0.897 bits per heavy atom. The summed E-state index contributed by atoms with van der Waals surface area (Å²) in [5.41, 5.74) is 4.47. The molecule has 0 N–H and O–H groups in total. The molecule has 4 aromatic rings. The highest BCUT2D eigenvalue weighted by Crippen LogP contribution is 2.37. The number of benzene rings is 3. The number of aromatic nitrogens is 1. The summed E-state index contributed by atoms with van der Waals surface area (Å²) in [4.78, 5) is 19.2. The van der Waals surface area contributed by atoms with Gasteiger partial charge in [-0.25, -0.2) is 16.8 Å². The van der Waals surface area contributed by atoms with E-state index in [0.29, 0.717) is 11.3 Å². The first-order valence-corrected chi connectivity index (χ1v) is 16.2. The van der Waals surface area contributed by atoms with Gasteiger partial charge >= 0.3 is 0 Å². The van der Waals surface area contributed by atoms with Gasteiger partial charge in [-0.15, -0.1) is 0 Å². The topological polar surface area (TPSA) is 101 Å². The Labute approximate surface area is 230 Å². The number of carbonyl (C=O) groups excluding carboxylic acids is 1. The number of rotatable bonds is 7. The molecule has 204 valence electrons. The van der Waals surface area contributed by atoms with Crippen LogP contribution in [0, 0.1) is 0 Å². The lowest BCUT2D eigenvalue weighted by atomic mass is 9.92. The maximum Gasteiger partial charge on any atom is 0.224 e. The fraction of sp³-hybridized carbons (Fsp3) is 0.267. The van der Waals surface area contributed by atoms with E-state index >= 15 is 0 Å². The van der Waals surface area contributed by atoms with E-state index in [0.717, 1.165) is 33.8 Å². The Kier molecular flexibility index (Phi) is 7.44. The maximum atomic E-state index is 12.8. The van der Waals surface area contributed by atoms with Gasteiger partial charge in [0.2, 0.25) is 5.91 Å². The number of nitrogens with zero attached hydrogens (tertiary/aromatic N) is 2. The molecule has 3 aromatic carbocycles. The molecule has 1 aromatic heterocycles. The van der Waals surface area contributed by atoms with Crippen molar-refractivity contribution in [2.45, 2.75) is 43.4 Å². The molecule has 1 amide bonds. The molecule has 0 fully saturated rings. The molecule has 7 nitrogen and oxygen atoms in total. The van der Waals surface area contributed by atoms with Gasteiger partial charge in [-0.3, -0.25) is 9.78 Å². The SMILES string of the molecule is CC(=O)N(c1ccc(S(C)(=O)=O)cc1)C(C)c1cccc(-c2cc(C(C)(C)S(C)(=O)=O)cc3cccnc23)c1. The molecule has 0 aliphatic heterocycles. The molecular weight excluding hydrogens is 532 g/mol. The van der Waals surface area contributed by atoms with Crippen molar-refractivity contribution in [1.29, 1.82) is 0 Å². The molecule has 4 rings (SSSR count). The predicted octanol–water partition coefficient (Wildman–Crippen LogP) is 5.70. The lowest BCUT2D eigenvalue weighted by Crippen LogP contribution is -2.31. The monoisotopic (exact) mass is 564 g/mol. The van der Waals surface area contributed by atoms with E-state index in [1.165, 1.54) is 25.3 Å². The molecule has 1 heterocycles. The van der Waals surface area contributed by atoms with Crippen molar-refractivity contribution in [3.8, 4) is 11.1 Å². The molecule has 0 bridgehead atoms. The van der Waals surface area contributed by atoms with E-state index in [9.17, 15) is 21.6 Å². The quantitative estimate of drug-likeness (QED) is 0.285. The van der Waals surface area contributed by atoms with Crippen molar-refractivity contribution in [3.63, 3.8) is 0 Å². The highest BCUT2D eigenvalue weighted by molar-refractivity contribution is 7.91. The highest BCUT2D eigenvalue weighted by Gasteiger charge is 2.33. The largest absolute Gasteiger partial charge is 0.305 e. The molecule has 0 saturated heterocycles. The van der Waals surface area contributed by atoms with Gasteiger partial charge in [-0.2, -0.15) is 0 Å². The average Bonchev–Trinajstić information content (AvgIpc) is 2.87. The molecule has 0 radical (unpaired) electrons. The second-order valence-corrected chi connectivity index (χ2v) is 14.9. The van der Waals surface area contributed by atoms with Gasteiger partial charge in [0.15, 0.2) is 19.7 Å². The third-order valence-electron chi connectivity index (χ3n) is 7.28. The van der Waals surface area contributed by atoms with Gasteiger partial charge in [0.25, 0.3) is 0 Å². The Morgan fingerprint density at radius 3 is 2.15 bits per heavy atom. The number of anilines is 1. The van der Waals surface area contributed by atoms with Gasteiger partial charge in [0.05, 0.1) is 21.2 Å². The van der Waals surface area contributed by atoms with Crippen LogP contribution in [-0.2, 0) is 29.2 Å². The normalized spacial score (nSPS) is 13.3. The van der Waals surface area contributed by atoms with Crippen LogP contribution in [0.4, 0.5) is 5.69 Å². The van der Waals surface area contributed by atoms with Gasteiger partial charge < -0.3 is 4.90 Å². The standard InChI is InChI=1S/C30H32N2O5S2/c1-20(32(21(2)33)26-12-14-27(15-13-26)38(5,34)35)22-9-7-10-23(17-22)28-19-25(30(3,4)39(6,36)37)18-24-11-8-16-31-29(24)28/h7-20H,1-6H3. The number of amides is 1. The zero-order chi connectivity index (χ0) is 28.8. The summed E-state index contributed by atoms with van der Waals surface area (Å²) in [5, 5.41) is 0.830. The Balaban J connectivity index is 1.83. The number of hydrogen-bond donors (Lipinski definition) is 0. The predicted molar refractivity (Wildman–Crippen MR) is 156 cm³/mol. The van der Waals surface area contributed by atoms with Crippen LogP contribution in [-0.4, -0.2) is 40.2 Å². The molecule has 0 saturated carbocycles. The number of carbonyl (C=O) groups is 1. The Bertz CT molecular complexity index is 1780. The summed E-state index contributed by atoms with van der Waals surface area (Å²) in [6, 6.07) is 21.1. The van der Waals surface area contributed by atoms with Crippen LogP contribution in [0.15, 0.2) is 83.9 Å². The first-order valence-electron chi connectivity index (χ1n) is 12.4. The van der Waals surface area contributed by atoms with Crippen molar-refractivity contribution < 1.29 is 21.6 Å². The molecule has 1 atom stereocenters. The van der Waals surface area contributed by atoms with E-state index in [1.807, 2.05) is 55.5 Å². The molecule has 1 unspecified atom stereocenters. The molecule has 0 aliphatic rings. The van der Waals surface area contributed by atoms with E-state index in [1.54, 1.807) is 37.1 Å². The first kappa shape index (κ1) is 28.4. The van der Waals surface area contributed by atoms with Crippen molar-refractivity contribution in [2.24, 2.45) is 0 Å². The van der Waals surface area contributed by atoms with Crippen LogP contribution >= 0.6 is 0 Å². The lowest BCUT2D eigenvalue weighted by Gasteiger charge is -2.29. The van der Waals surface area contributed by atoms with E-state index < -0.39 is 24.4 Å². The average molecular weight is 565 g/mol. The maximum absolute atomic E-state index is 12.8. The number of fused-ring (bicyclic) bond motifs is 1. The Morgan fingerprint density at radius 2 is 1.56 bits per heavy atom. The smallest absolute Gasteiger partial charge is 0.224 e. The van der Waals surface area contributed by atoms with Crippen molar-refractivity contribution in [2.75, 3.05) is 17.4 Å². The molecule has 0 spiro atoms. The van der Waals surface area contributed by atoms with E-state index in [4.69, 9.17) is 0 Å². The second kappa shape index (κ2) is 10.2. The summed E-state index contributed by atoms with van der Waals surface area (Å²) < 4.78 is 48.0. The van der Waals surface area contributed by atoms with Crippen molar-refractivity contribution >= 4 is 42.2 Å². The minimum atomic E-state index is -3.41. The summed E-state index contributed by atoms with van der Waals surface area (Å²) in [6.07, 6.45) is 4.09. The van der Waals surface area contributed by atoms with Crippen molar-refractivity contribution in [1.82, 2.24) is 4.98 Å². The number of hydrogen-bond acceptors (Lipinski definition) is 6. The minimum Gasteiger partial charge on any atom is -0.305 e. The van der Waals surface area contributed by atoms with E-state index in [-0.39, 0.29) is 16.8 Å². The van der Waals surface area contributed by atoms with Crippen molar-refractivity contribution in [3.05, 3.63) is 90.1 Å². The van der Waals surface area contributed by atoms with Gasteiger partial charge in [0.1, 0.15) is 0 Å².